The van der Waals surface area contributed by atoms with Crippen molar-refractivity contribution in [2.45, 2.75) is 37.5 Å². The van der Waals surface area contributed by atoms with Gasteiger partial charge in [0.2, 0.25) is 0 Å². The predicted octanol–water partition coefficient (Wildman–Crippen LogP) is 0.805. The molecule has 0 aromatic heterocycles. The predicted molar refractivity (Wildman–Crippen MR) is 96.3 cm³/mol. The maximum absolute atomic E-state index is 14.0. The van der Waals surface area contributed by atoms with Gasteiger partial charge in [0.25, 0.3) is 0 Å². The average molecular weight is 397 g/mol. The maximum atomic E-state index is 14.0. The molecule has 0 saturated heterocycles. The van der Waals surface area contributed by atoms with Crippen LogP contribution in [0.4, 0.5) is 4.39 Å². The molecule has 8 nitrogen and oxygen atoms in total. The summed E-state index contributed by atoms with van der Waals surface area (Å²) >= 11 is 0. The molecule has 146 valence electrons. The fraction of sp³-hybridized carbons (Fsp3) is 0.412. The van der Waals surface area contributed by atoms with E-state index in [4.69, 9.17) is 10.7 Å². The minimum atomic E-state index is -3.85. The van der Waals surface area contributed by atoms with Gasteiger partial charge in [0.05, 0.1) is 11.3 Å². The topological polar surface area (TPSA) is 120 Å². The summed E-state index contributed by atoms with van der Waals surface area (Å²) in [5, 5.41) is 3.90. The first-order chi connectivity index (χ1) is 12.6. The number of nitrogens with one attached hydrogen (secondary N) is 1. The van der Waals surface area contributed by atoms with Crippen molar-refractivity contribution in [3.63, 3.8) is 0 Å². The van der Waals surface area contributed by atoms with Crippen LogP contribution in [-0.2, 0) is 24.3 Å². The van der Waals surface area contributed by atoms with Crippen LogP contribution in [0.5, 0.6) is 0 Å². The van der Waals surface area contributed by atoms with Crippen molar-refractivity contribution in [2.24, 2.45) is 11.0 Å². The molecule has 0 fully saturated rings. The van der Waals surface area contributed by atoms with Gasteiger partial charge in [0, 0.05) is 24.7 Å². The molecule has 0 aliphatic carbocycles. The second kappa shape index (κ2) is 8.04. The number of carbonyl (C=O) groups is 1. The standard InChI is InChI=1S/C17H20FN3O5S/c1-4-5-11-6-7-12(8-14(11)18)15-9-13(25-20-15)10-17(2,27(3,23)24)16(22)26-21-19/h6-8,13,21H,9-10,19H2,1-3H3. The van der Waals surface area contributed by atoms with E-state index in [9.17, 15) is 17.6 Å². The van der Waals surface area contributed by atoms with Crippen LogP contribution in [0, 0.1) is 17.7 Å². The highest BCUT2D eigenvalue weighted by atomic mass is 32.2. The Labute approximate surface area is 156 Å². The molecule has 10 heteroatoms. The molecular weight excluding hydrogens is 377 g/mol. The van der Waals surface area contributed by atoms with Crippen molar-refractivity contribution in [1.82, 2.24) is 5.59 Å². The molecule has 1 heterocycles. The number of halogens is 1. The van der Waals surface area contributed by atoms with Crippen LogP contribution >= 0.6 is 0 Å². The second-order valence-electron chi connectivity index (χ2n) is 6.25. The van der Waals surface area contributed by atoms with Gasteiger partial charge in [-0.05, 0) is 26.0 Å². The largest absolute Gasteiger partial charge is 0.392 e. The maximum Gasteiger partial charge on any atom is 0.347 e. The van der Waals surface area contributed by atoms with E-state index in [1.807, 2.05) is 0 Å². The fourth-order valence-corrected chi connectivity index (χ4v) is 3.45. The molecule has 0 radical (unpaired) electrons. The number of hydrogen-bond donors (Lipinski definition) is 2. The third kappa shape index (κ3) is 4.44. The Bertz CT molecular complexity index is 936. The van der Waals surface area contributed by atoms with Crippen molar-refractivity contribution in [2.75, 3.05) is 6.26 Å². The summed E-state index contributed by atoms with van der Waals surface area (Å²) in [6, 6.07) is 4.46. The Kier molecular flexibility index (Phi) is 6.20. The molecule has 27 heavy (non-hydrogen) atoms. The number of carbonyl (C=O) groups excluding carboxylic acids is 1. The monoisotopic (exact) mass is 397 g/mol. The molecule has 2 atom stereocenters. The van der Waals surface area contributed by atoms with Gasteiger partial charge in [-0.3, -0.25) is 0 Å². The van der Waals surface area contributed by atoms with E-state index >= 15 is 0 Å². The molecule has 1 aromatic carbocycles. The number of nitrogens with two attached hydrogens (primary N) is 1. The van der Waals surface area contributed by atoms with Crippen molar-refractivity contribution in [3.8, 4) is 11.8 Å². The Morgan fingerprint density at radius 3 is 2.81 bits per heavy atom. The zero-order valence-corrected chi connectivity index (χ0v) is 15.9. The molecule has 2 unspecified atom stereocenters. The van der Waals surface area contributed by atoms with Gasteiger partial charge in [-0.1, -0.05) is 22.7 Å². The van der Waals surface area contributed by atoms with Gasteiger partial charge in [0.15, 0.2) is 14.6 Å². The SMILES string of the molecule is CC#Cc1ccc(C2=NOC(CC(C)(C(=O)ONN)S(C)(=O)=O)C2)cc1F. The molecule has 0 bridgehead atoms. The number of nitrogens with zero attached hydrogens (tertiary/aromatic N) is 1. The van der Waals surface area contributed by atoms with E-state index in [-0.39, 0.29) is 18.4 Å². The van der Waals surface area contributed by atoms with Crippen molar-refractivity contribution < 1.29 is 27.3 Å². The number of benzene rings is 1. The summed E-state index contributed by atoms with van der Waals surface area (Å²) in [7, 11) is -3.85. The Balaban J connectivity index is 2.17. The van der Waals surface area contributed by atoms with Crippen molar-refractivity contribution >= 4 is 21.5 Å². The van der Waals surface area contributed by atoms with Crippen LogP contribution in [0.15, 0.2) is 23.4 Å². The van der Waals surface area contributed by atoms with E-state index < -0.39 is 32.5 Å². The summed E-state index contributed by atoms with van der Waals surface area (Å²) < 4.78 is 36.4. The Morgan fingerprint density at radius 2 is 2.26 bits per heavy atom. The summed E-state index contributed by atoms with van der Waals surface area (Å²) in [6.07, 6.45) is 0.210. The summed E-state index contributed by atoms with van der Waals surface area (Å²) in [5.74, 6) is 8.65. The molecule has 0 amide bonds. The third-order valence-electron chi connectivity index (χ3n) is 4.31. The zero-order chi connectivity index (χ0) is 20.2. The highest BCUT2D eigenvalue weighted by Gasteiger charge is 2.48. The van der Waals surface area contributed by atoms with E-state index in [2.05, 4.69) is 21.8 Å². The van der Waals surface area contributed by atoms with Crippen LogP contribution in [0.1, 0.15) is 37.8 Å². The molecule has 0 spiro atoms. The van der Waals surface area contributed by atoms with Crippen LogP contribution < -0.4 is 11.4 Å². The molecular formula is C17H20FN3O5S. The van der Waals surface area contributed by atoms with Gasteiger partial charge in [-0.2, -0.15) is 0 Å². The van der Waals surface area contributed by atoms with Crippen molar-refractivity contribution in [3.05, 3.63) is 35.1 Å². The minimum Gasteiger partial charge on any atom is -0.392 e. The highest BCUT2D eigenvalue weighted by Crippen LogP contribution is 2.30. The first kappa shape index (κ1) is 20.8. The third-order valence-corrected chi connectivity index (χ3v) is 6.28. The summed E-state index contributed by atoms with van der Waals surface area (Å²) in [4.78, 5) is 21.8. The quantitative estimate of drug-likeness (QED) is 0.414. The second-order valence-corrected chi connectivity index (χ2v) is 8.70. The number of sulfone groups is 1. The summed E-state index contributed by atoms with van der Waals surface area (Å²) in [6.45, 7) is 2.83. The number of oxime groups is 1. The van der Waals surface area contributed by atoms with Crippen LogP contribution in [0.3, 0.4) is 0 Å². The smallest absolute Gasteiger partial charge is 0.347 e. The van der Waals surface area contributed by atoms with Gasteiger partial charge < -0.3 is 9.68 Å². The zero-order valence-electron chi connectivity index (χ0n) is 15.1. The lowest BCUT2D eigenvalue weighted by atomic mass is 9.96. The first-order valence-electron chi connectivity index (χ1n) is 7.94. The van der Waals surface area contributed by atoms with Crippen LogP contribution in [0.2, 0.25) is 0 Å². The van der Waals surface area contributed by atoms with Gasteiger partial charge in [0.1, 0.15) is 11.9 Å². The number of rotatable bonds is 6. The van der Waals surface area contributed by atoms with E-state index in [1.54, 1.807) is 18.6 Å². The van der Waals surface area contributed by atoms with E-state index in [0.29, 0.717) is 11.3 Å². The van der Waals surface area contributed by atoms with E-state index in [1.165, 1.54) is 19.1 Å². The van der Waals surface area contributed by atoms with Gasteiger partial charge in [-0.15, -0.1) is 5.92 Å². The minimum absolute atomic E-state index is 0.201. The number of hydrogen-bond acceptors (Lipinski definition) is 8. The lowest BCUT2D eigenvalue weighted by Crippen LogP contribution is -2.49. The molecule has 1 aromatic rings. The van der Waals surface area contributed by atoms with E-state index in [0.717, 1.165) is 6.26 Å². The first-order valence-corrected chi connectivity index (χ1v) is 9.83. The Hall–Kier alpha value is -2.48. The molecule has 1 aliphatic rings. The molecule has 1 aliphatic heterocycles. The van der Waals surface area contributed by atoms with Crippen LogP contribution in [0.25, 0.3) is 0 Å². The highest BCUT2D eigenvalue weighted by molar-refractivity contribution is 7.92. The number of hydrazine groups is 1. The van der Waals surface area contributed by atoms with Crippen LogP contribution in [-0.4, -0.2) is 37.2 Å². The molecule has 2 rings (SSSR count). The van der Waals surface area contributed by atoms with Gasteiger partial charge in [-0.25, -0.2) is 23.4 Å². The van der Waals surface area contributed by atoms with Gasteiger partial charge >= 0.3 is 5.97 Å². The lowest BCUT2D eigenvalue weighted by Gasteiger charge is -2.26. The summed E-state index contributed by atoms with van der Waals surface area (Å²) in [5.41, 5.74) is 2.88. The normalized spacial score (nSPS) is 18.6. The van der Waals surface area contributed by atoms with Crippen molar-refractivity contribution in [1.29, 1.82) is 0 Å². The lowest BCUT2D eigenvalue weighted by molar-refractivity contribution is -0.155. The average Bonchev–Trinajstić information content (AvgIpc) is 3.04. The molecule has 0 saturated carbocycles. The molecule has 3 N–H and O–H groups in total. The fourth-order valence-electron chi connectivity index (χ4n) is 2.62. The Morgan fingerprint density at radius 1 is 1.56 bits per heavy atom.